The van der Waals surface area contributed by atoms with Crippen molar-refractivity contribution in [3.63, 3.8) is 0 Å². The number of nitrogens with two attached hydrogens (primary N) is 1. The minimum atomic E-state index is -0.287. The second-order valence-corrected chi connectivity index (χ2v) is 4.14. The normalized spacial score (nSPS) is 12.5. The summed E-state index contributed by atoms with van der Waals surface area (Å²) in [4.78, 5) is 15.9. The molecule has 0 spiro atoms. The van der Waals surface area contributed by atoms with Crippen molar-refractivity contribution in [1.29, 1.82) is 0 Å². The van der Waals surface area contributed by atoms with Crippen LogP contribution in [0.15, 0.2) is 24.7 Å². The molecule has 0 saturated carbocycles. The van der Waals surface area contributed by atoms with Gasteiger partial charge in [0.1, 0.15) is 5.69 Å². The zero-order chi connectivity index (χ0) is 13.4. The zero-order valence-electron chi connectivity index (χ0n) is 10.2. The van der Waals surface area contributed by atoms with E-state index in [1.165, 1.54) is 6.20 Å². The van der Waals surface area contributed by atoms with Gasteiger partial charge in [0.05, 0.1) is 23.9 Å². The van der Waals surface area contributed by atoms with Gasteiger partial charge in [0.2, 0.25) is 6.79 Å². The third-order valence-electron chi connectivity index (χ3n) is 2.84. The van der Waals surface area contributed by atoms with Gasteiger partial charge in [-0.1, -0.05) is 0 Å². The van der Waals surface area contributed by atoms with Crippen molar-refractivity contribution in [3.05, 3.63) is 30.4 Å². The van der Waals surface area contributed by atoms with E-state index in [-0.39, 0.29) is 12.7 Å². The van der Waals surface area contributed by atoms with E-state index in [1.807, 2.05) is 0 Å². The monoisotopic (exact) mass is 260 g/mol. The Morgan fingerprint density at radius 1 is 1.42 bits per heavy atom. The average Bonchev–Trinajstić information content (AvgIpc) is 2.98. The summed E-state index contributed by atoms with van der Waals surface area (Å²) in [7, 11) is 1.74. The van der Waals surface area contributed by atoms with E-state index < -0.39 is 0 Å². The molecule has 98 valence electrons. The smallest absolute Gasteiger partial charge is 0.273 e. The second-order valence-electron chi connectivity index (χ2n) is 4.14. The molecule has 0 radical (unpaired) electrons. The third kappa shape index (κ3) is 1.95. The first-order chi connectivity index (χ1) is 9.15. The maximum atomic E-state index is 12.0. The number of anilines is 2. The number of aryl methyl sites for hydroxylation is 1. The zero-order valence-corrected chi connectivity index (χ0v) is 10.2. The molecule has 1 amide bonds. The molecule has 1 aromatic carbocycles. The molecule has 3 rings (SSSR count). The number of hydrogen-bond donors (Lipinski definition) is 2. The van der Waals surface area contributed by atoms with Crippen LogP contribution in [0.5, 0.6) is 11.5 Å². The van der Waals surface area contributed by atoms with Crippen molar-refractivity contribution >= 4 is 17.3 Å². The van der Waals surface area contributed by atoms with E-state index in [9.17, 15) is 4.79 Å². The second kappa shape index (κ2) is 4.20. The molecule has 3 N–H and O–H groups in total. The number of aromatic nitrogens is 2. The number of carbonyl (C=O) groups is 1. The number of imidazole rings is 1. The Balaban J connectivity index is 1.88. The molecule has 0 aliphatic carbocycles. The van der Waals surface area contributed by atoms with Crippen molar-refractivity contribution in [1.82, 2.24) is 9.55 Å². The molecular weight excluding hydrogens is 248 g/mol. The summed E-state index contributed by atoms with van der Waals surface area (Å²) >= 11 is 0. The summed E-state index contributed by atoms with van der Waals surface area (Å²) in [5, 5.41) is 2.72. The molecule has 0 fully saturated rings. The summed E-state index contributed by atoms with van der Waals surface area (Å²) in [6.07, 6.45) is 3.04. The molecule has 1 aromatic heterocycles. The fourth-order valence-corrected chi connectivity index (χ4v) is 1.83. The first kappa shape index (κ1) is 11.4. The lowest BCUT2D eigenvalue weighted by Gasteiger charge is -2.09. The van der Waals surface area contributed by atoms with Crippen LogP contribution in [-0.4, -0.2) is 22.3 Å². The van der Waals surface area contributed by atoms with Crippen LogP contribution in [0.3, 0.4) is 0 Å². The standard InChI is InChI=1S/C12H12N4O3/c1-16-5-14-4-9(16)12(17)15-8-3-11-10(2-7(8)13)18-6-19-11/h2-5H,6,13H2,1H3,(H,15,17). The van der Waals surface area contributed by atoms with E-state index in [2.05, 4.69) is 10.3 Å². The fraction of sp³-hybridized carbons (Fsp3) is 0.167. The van der Waals surface area contributed by atoms with Crippen LogP contribution in [0.2, 0.25) is 0 Å². The van der Waals surface area contributed by atoms with Gasteiger partial charge in [-0.25, -0.2) is 4.98 Å². The first-order valence-electron chi connectivity index (χ1n) is 5.62. The number of nitrogen functional groups attached to an aromatic ring is 1. The van der Waals surface area contributed by atoms with Gasteiger partial charge in [0, 0.05) is 19.2 Å². The minimum absolute atomic E-state index is 0.161. The van der Waals surface area contributed by atoms with E-state index in [0.29, 0.717) is 28.6 Å². The van der Waals surface area contributed by atoms with Crippen LogP contribution >= 0.6 is 0 Å². The van der Waals surface area contributed by atoms with Crippen molar-refractivity contribution < 1.29 is 14.3 Å². The number of rotatable bonds is 2. The molecule has 1 aliphatic rings. The number of amides is 1. The van der Waals surface area contributed by atoms with Gasteiger partial charge >= 0.3 is 0 Å². The number of fused-ring (bicyclic) bond motifs is 1. The van der Waals surface area contributed by atoms with E-state index in [1.54, 1.807) is 30.1 Å². The summed E-state index contributed by atoms with van der Waals surface area (Å²) in [5.41, 5.74) is 7.20. The van der Waals surface area contributed by atoms with E-state index in [4.69, 9.17) is 15.2 Å². The van der Waals surface area contributed by atoms with Gasteiger partial charge in [-0.05, 0) is 0 Å². The molecule has 7 nitrogen and oxygen atoms in total. The molecule has 0 unspecified atom stereocenters. The molecule has 2 aromatic rings. The highest BCUT2D eigenvalue weighted by Gasteiger charge is 2.18. The fourth-order valence-electron chi connectivity index (χ4n) is 1.83. The molecule has 19 heavy (non-hydrogen) atoms. The topological polar surface area (TPSA) is 91.4 Å². The summed E-state index contributed by atoms with van der Waals surface area (Å²) in [6.45, 7) is 0.161. The molecule has 0 bridgehead atoms. The first-order valence-corrected chi connectivity index (χ1v) is 5.62. The Bertz CT molecular complexity index is 650. The Hall–Kier alpha value is -2.70. The molecule has 7 heteroatoms. The molecule has 0 atom stereocenters. The SMILES string of the molecule is Cn1cncc1C(=O)Nc1cc2c(cc1N)OCO2. The predicted octanol–water partition coefficient (Wildman–Crippen LogP) is 0.983. The lowest BCUT2D eigenvalue weighted by molar-refractivity contribution is 0.101. The van der Waals surface area contributed by atoms with Gasteiger partial charge < -0.3 is 25.1 Å². The summed E-state index contributed by atoms with van der Waals surface area (Å²) < 4.78 is 12.1. The van der Waals surface area contributed by atoms with Gasteiger partial charge in [-0.15, -0.1) is 0 Å². The maximum Gasteiger partial charge on any atom is 0.273 e. The van der Waals surface area contributed by atoms with Gasteiger partial charge in [0.15, 0.2) is 11.5 Å². The van der Waals surface area contributed by atoms with Crippen molar-refractivity contribution in [2.75, 3.05) is 17.8 Å². The van der Waals surface area contributed by atoms with Gasteiger partial charge in [0.25, 0.3) is 5.91 Å². The lowest BCUT2D eigenvalue weighted by atomic mass is 10.2. The highest BCUT2D eigenvalue weighted by Crippen LogP contribution is 2.38. The third-order valence-corrected chi connectivity index (χ3v) is 2.84. The highest BCUT2D eigenvalue weighted by molar-refractivity contribution is 6.04. The molecular formula is C12H12N4O3. The van der Waals surface area contributed by atoms with E-state index >= 15 is 0 Å². The number of hydrogen-bond acceptors (Lipinski definition) is 5. The van der Waals surface area contributed by atoms with Crippen molar-refractivity contribution in [3.8, 4) is 11.5 Å². The number of nitrogens with zero attached hydrogens (tertiary/aromatic N) is 2. The molecule has 2 heterocycles. The van der Waals surface area contributed by atoms with Crippen LogP contribution in [-0.2, 0) is 7.05 Å². The Labute approximate surface area is 108 Å². The number of nitrogens with one attached hydrogen (secondary N) is 1. The molecule has 1 aliphatic heterocycles. The Kier molecular flexibility index (Phi) is 2.52. The van der Waals surface area contributed by atoms with E-state index in [0.717, 1.165) is 0 Å². The quantitative estimate of drug-likeness (QED) is 0.785. The highest BCUT2D eigenvalue weighted by atomic mass is 16.7. The summed E-state index contributed by atoms with van der Waals surface area (Å²) in [5.74, 6) is 0.858. The van der Waals surface area contributed by atoms with Crippen LogP contribution < -0.4 is 20.5 Å². The summed E-state index contributed by atoms with van der Waals surface area (Å²) in [6, 6.07) is 3.27. The van der Waals surface area contributed by atoms with Gasteiger partial charge in [-0.2, -0.15) is 0 Å². The lowest BCUT2D eigenvalue weighted by Crippen LogP contribution is -2.16. The maximum absolute atomic E-state index is 12.0. The average molecular weight is 260 g/mol. The number of carbonyl (C=O) groups excluding carboxylic acids is 1. The molecule has 0 saturated heterocycles. The van der Waals surface area contributed by atoms with Crippen LogP contribution in [0, 0.1) is 0 Å². The largest absolute Gasteiger partial charge is 0.454 e. The van der Waals surface area contributed by atoms with Crippen LogP contribution in [0.1, 0.15) is 10.5 Å². The number of benzene rings is 1. The predicted molar refractivity (Wildman–Crippen MR) is 68.1 cm³/mol. The van der Waals surface area contributed by atoms with Crippen molar-refractivity contribution in [2.24, 2.45) is 7.05 Å². The minimum Gasteiger partial charge on any atom is -0.454 e. The van der Waals surface area contributed by atoms with Crippen LogP contribution in [0.25, 0.3) is 0 Å². The van der Waals surface area contributed by atoms with Crippen LogP contribution in [0.4, 0.5) is 11.4 Å². The van der Waals surface area contributed by atoms with Gasteiger partial charge in [-0.3, -0.25) is 4.79 Å². The van der Waals surface area contributed by atoms with Crippen molar-refractivity contribution in [2.45, 2.75) is 0 Å². The number of ether oxygens (including phenoxy) is 2. The Morgan fingerprint density at radius 2 is 2.16 bits per heavy atom. The Morgan fingerprint density at radius 3 is 2.84 bits per heavy atom.